The summed E-state index contributed by atoms with van der Waals surface area (Å²) in [6.45, 7) is 4.34. The summed E-state index contributed by atoms with van der Waals surface area (Å²) in [6, 6.07) is 5.46. The molecule has 2 nitrogen and oxygen atoms in total. The van der Waals surface area contributed by atoms with Gasteiger partial charge in [0.1, 0.15) is 11.3 Å². The molecule has 1 atom stereocenters. The average molecular weight is 283 g/mol. The minimum atomic E-state index is -0.255. The molecule has 104 valence electrons. The first-order valence-electron chi connectivity index (χ1n) is 6.90. The molecule has 0 saturated carbocycles. The van der Waals surface area contributed by atoms with Crippen molar-refractivity contribution in [2.75, 3.05) is 5.88 Å². The number of benzene rings is 1. The van der Waals surface area contributed by atoms with Gasteiger partial charge in [-0.3, -0.25) is 0 Å². The van der Waals surface area contributed by atoms with Crippen molar-refractivity contribution in [2.45, 2.75) is 45.6 Å². The molecule has 19 heavy (non-hydrogen) atoms. The highest BCUT2D eigenvalue weighted by molar-refractivity contribution is 6.17. The molecule has 1 aromatic heterocycles. The van der Waals surface area contributed by atoms with Crippen molar-refractivity contribution in [3.8, 4) is 0 Å². The van der Waals surface area contributed by atoms with Gasteiger partial charge in [0.05, 0.1) is 5.52 Å². The Hall–Kier alpha value is -1.09. The van der Waals surface area contributed by atoms with Gasteiger partial charge in [-0.25, -0.2) is 9.37 Å². The SMILES string of the molecule is CCCCC(C)n1c(CCCl)nc2c(F)cccc21. The Bertz CT molecular complexity index is 550. The Kier molecular flexibility index (Phi) is 4.81. The largest absolute Gasteiger partial charge is 0.325 e. The second-order valence-corrected chi connectivity index (χ2v) is 5.31. The second-order valence-electron chi connectivity index (χ2n) is 4.94. The number of para-hydroxylation sites is 1. The summed E-state index contributed by atoms with van der Waals surface area (Å²) in [7, 11) is 0. The molecule has 0 radical (unpaired) electrons. The topological polar surface area (TPSA) is 17.8 Å². The molecule has 1 aromatic carbocycles. The van der Waals surface area contributed by atoms with E-state index in [0.29, 0.717) is 23.9 Å². The van der Waals surface area contributed by atoms with Crippen molar-refractivity contribution in [1.82, 2.24) is 9.55 Å². The van der Waals surface area contributed by atoms with Gasteiger partial charge >= 0.3 is 0 Å². The number of hydrogen-bond acceptors (Lipinski definition) is 1. The van der Waals surface area contributed by atoms with Crippen molar-refractivity contribution in [2.24, 2.45) is 0 Å². The molecular formula is C15H20ClFN2. The number of alkyl halides is 1. The minimum Gasteiger partial charge on any atom is -0.325 e. The fraction of sp³-hybridized carbons (Fsp3) is 0.533. The zero-order valence-corrected chi connectivity index (χ0v) is 12.3. The maximum atomic E-state index is 13.8. The lowest BCUT2D eigenvalue weighted by atomic mass is 10.1. The lowest BCUT2D eigenvalue weighted by Crippen LogP contribution is -2.10. The smallest absolute Gasteiger partial charge is 0.151 e. The summed E-state index contributed by atoms with van der Waals surface area (Å²) in [5.41, 5.74) is 1.34. The van der Waals surface area contributed by atoms with Gasteiger partial charge in [-0.15, -0.1) is 11.6 Å². The molecule has 0 saturated heterocycles. The van der Waals surface area contributed by atoms with Crippen LogP contribution in [0.2, 0.25) is 0 Å². The summed E-state index contributed by atoms with van der Waals surface area (Å²) in [6.07, 6.45) is 4.08. The second kappa shape index (κ2) is 6.38. The highest BCUT2D eigenvalue weighted by Gasteiger charge is 2.17. The molecule has 0 aliphatic carbocycles. The quantitative estimate of drug-likeness (QED) is 0.702. The van der Waals surface area contributed by atoms with Crippen LogP contribution in [0.15, 0.2) is 18.2 Å². The highest BCUT2D eigenvalue weighted by atomic mass is 35.5. The number of imidazole rings is 1. The van der Waals surface area contributed by atoms with E-state index in [1.165, 1.54) is 6.07 Å². The Labute approximate surface area is 118 Å². The van der Waals surface area contributed by atoms with Crippen molar-refractivity contribution in [1.29, 1.82) is 0 Å². The van der Waals surface area contributed by atoms with E-state index in [2.05, 4.69) is 23.4 Å². The molecule has 0 spiro atoms. The molecule has 0 N–H and O–H groups in total. The lowest BCUT2D eigenvalue weighted by Gasteiger charge is -2.17. The molecule has 0 bridgehead atoms. The van der Waals surface area contributed by atoms with Crippen LogP contribution in [0.1, 0.15) is 45.0 Å². The Morgan fingerprint density at radius 2 is 2.21 bits per heavy atom. The first-order valence-corrected chi connectivity index (χ1v) is 7.43. The summed E-state index contributed by atoms with van der Waals surface area (Å²) in [4.78, 5) is 4.43. The fourth-order valence-corrected chi connectivity index (χ4v) is 2.68. The van der Waals surface area contributed by atoms with Crippen LogP contribution in [0.3, 0.4) is 0 Å². The lowest BCUT2D eigenvalue weighted by molar-refractivity contribution is 0.482. The summed E-state index contributed by atoms with van der Waals surface area (Å²) in [5.74, 6) is 1.14. The van der Waals surface area contributed by atoms with Crippen LogP contribution in [-0.2, 0) is 6.42 Å². The van der Waals surface area contributed by atoms with Crippen LogP contribution in [0.5, 0.6) is 0 Å². The van der Waals surface area contributed by atoms with Gasteiger partial charge in [0, 0.05) is 18.3 Å². The highest BCUT2D eigenvalue weighted by Crippen LogP contribution is 2.26. The van der Waals surface area contributed by atoms with Crippen molar-refractivity contribution >= 4 is 22.6 Å². The summed E-state index contributed by atoms with van der Waals surface area (Å²) < 4.78 is 16.0. The van der Waals surface area contributed by atoms with Gasteiger partial charge in [-0.2, -0.15) is 0 Å². The van der Waals surface area contributed by atoms with E-state index in [4.69, 9.17) is 11.6 Å². The molecule has 2 aromatic rings. The maximum Gasteiger partial charge on any atom is 0.151 e. The molecule has 0 amide bonds. The van der Waals surface area contributed by atoms with Gasteiger partial charge in [0.15, 0.2) is 5.82 Å². The number of rotatable bonds is 6. The van der Waals surface area contributed by atoms with E-state index in [1.807, 2.05) is 6.07 Å². The monoisotopic (exact) mass is 282 g/mol. The van der Waals surface area contributed by atoms with E-state index in [1.54, 1.807) is 6.07 Å². The third kappa shape index (κ3) is 2.92. The van der Waals surface area contributed by atoms with Crippen LogP contribution in [0.4, 0.5) is 4.39 Å². The predicted octanol–water partition coefficient (Wildman–Crippen LogP) is 4.71. The number of nitrogens with zero attached hydrogens (tertiary/aromatic N) is 2. The van der Waals surface area contributed by atoms with Gasteiger partial charge in [0.25, 0.3) is 0 Å². The van der Waals surface area contributed by atoms with E-state index in [-0.39, 0.29) is 5.82 Å². The van der Waals surface area contributed by atoms with Crippen molar-refractivity contribution in [3.63, 3.8) is 0 Å². The summed E-state index contributed by atoms with van der Waals surface area (Å²) in [5, 5.41) is 0. The number of fused-ring (bicyclic) bond motifs is 1. The van der Waals surface area contributed by atoms with Gasteiger partial charge in [0.2, 0.25) is 0 Å². The Morgan fingerprint density at radius 3 is 2.89 bits per heavy atom. The number of aromatic nitrogens is 2. The first-order chi connectivity index (χ1) is 9.19. The molecular weight excluding hydrogens is 263 g/mol. The zero-order valence-electron chi connectivity index (χ0n) is 11.5. The van der Waals surface area contributed by atoms with Crippen LogP contribution in [0, 0.1) is 5.82 Å². The van der Waals surface area contributed by atoms with Gasteiger partial charge in [-0.1, -0.05) is 25.8 Å². The minimum absolute atomic E-state index is 0.255. The Balaban J connectivity index is 2.48. The number of unbranched alkanes of at least 4 members (excludes halogenated alkanes) is 1. The van der Waals surface area contributed by atoms with Crippen molar-refractivity contribution < 1.29 is 4.39 Å². The summed E-state index contributed by atoms with van der Waals surface area (Å²) >= 11 is 5.84. The van der Waals surface area contributed by atoms with E-state index in [0.717, 1.165) is 30.6 Å². The Morgan fingerprint density at radius 1 is 1.42 bits per heavy atom. The number of halogens is 2. The maximum absolute atomic E-state index is 13.8. The molecule has 0 aliphatic heterocycles. The predicted molar refractivity (Wildman–Crippen MR) is 78.4 cm³/mol. The molecule has 2 rings (SSSR count). The number of hydrogen-bond donors (Lipinski definition) is 0. The normalized spacial score (nSPS) is 13.1. The van der Waals surface area contributed by atoms with Crippen molar-refractivity contribution in [3.05, 3.63) is 29.8 Å². The van der Waals surface area contributed by atoms with Gasteiger partial charge in [-0.05, 0) is 25.5 Å². The zero-order chi connectivity index (χ0) is 13.8. The molecule has 0 fully saturated rings. The molecule has 1 heterocycles. The van der Waals surface area contributed by atoms with Crippen LogP contribution >= 0.6 is 11.6 Å². The fourth-order valence-electron chi connectivity index (χ4n) is 2.51. The third-order valence-electron chi connectivity index (χ3n) is 3.48. The van der Waals surface area contributed by atoms with E-state index >= 15 is 0 Å². The van der Waals surface area contributed by atoms with E-state index < -0.39 is 0 Å². The first kappa shape index (κ1) is 14.3. The van der Waals surface area contributed by atoms with Gasteiger partial charge < -0.3 is 4.57 Å². The van der Waals surface area contributed by atoms with E-state index in [9.17, 15) is 4.39 Å². The molecule has 1 unspecified atom stereocenters. The molecule has 0 aliphatic rings. The van der Waals surface area contributed by atoms with Crippen LogP contribution < -0.4 is 0 Å². The van der Waals surface area contributed by atoms with Crippen LogP contribution in [-0.4, -0.2) is 15.4 Å². The number of aryl methyl sites for hydroxylation is 1. The van der Waals surface area contributed by atoms with Crippen LogP contribution in [0.25, 0.3) is 11.0 Å². The molecule has 4 heteroatoms. The standard InChI is InChI=1S/C15H20ClFN2/c1-3-4-6-11(2)19-13-8-5-7-12(17)15(13)18-14(19)9-10-16/h5,7-8,11H,3-4,6,9-10H2,1-2H3. The average Bonchev–Trinajstić information content (AvgIpc) is 2.76. The third-order valence-corrected chi connectivity index (χ3v) is 3.67.